The molecular weight excluding hydrogens is 362 g/mol. The minimum Gasteiger partial charge on any atom is -0.497 e. The summed E-state index contributed by atoms with van der Waals surface area (Å²) < 4.78 is 5.04. The average Bonchev–Trinajstić information content (AvgIpc) is 2.88. The van der Waals surface area contributed by atoms with Gasteiger partial charge in [0, 0.05) is 5.69 Å². The minimum atomic E-state index is -1.04. The first-order chi connectivity index (χ1) is 13.3. The first-order valence-electron chi connectivity index (χ1n) is 8.53. The van der Waals surface area contributed by atoms with Crippen LogP contribution in [0.4, 0.5) is 16.2 Å². The highest BCUT2D eigenvalue weighted by Gasteiger charge is 2.46. The monoisotopic (exact) mass is 381 g/mol. The molecule has 2 aromatic carbocycles. The summed E-state index contributed by atoms with van der Waals surface area (Å²) in [6.07, 6.45) is 0. The molecule has 0 radical (unpaired) electrons. The van der Waals surface area contributed by atoms with Crippen molar-refractivity contribution in [1.82, 2.24) is 4.90 Å². The van der Waals surface area contributed by atoms with Gasteiger partial charge in [-0.25, -0.2) is 14.6 Å². The van der Waals surface area contributed by atoms with Crippen molar-refractivity contribution in [1.29, 1.82) is 0 Å². The van der Waals surface area contributed by atoms with E-state index >= 15 is 0 Å². The number of benzene rings is 2. The molecule has 0 atom stereocenters. The Morgan fingerprint density at radius 1 is 1.00 bits per heavy atom. The topological polar surface area (TPSA) is 96.0 Å². The van der Waals surface area contributed by atoms with Crippen molar-refractivity contribution in [3.05, 3.63) is 53.6 Å². The van der Waals surface area contributed by atoms with Gasteiger partial charge in [0.15, 0.2) is 0 Å². The first kappa shape index (κ1) is 19.1. The van der Waals surface area contributed by atoms with Crippen LogP contribution < -0.4 is 15.0 Å². The summed E-state index contributed by atoms with van der Waals surface area (Å²) >= 11 is 0. The first-order valence-corrected chi connectivity index (χ1v) is 8.53. The molecule has 5 amide bonds. The number of nitrogens with one attached hydrogen (secondary N) is 1. The van der Waals surface area contributed by atoms with Gasteiger partial charge in [-0.05, 0) is 55.3 Å². The molecule has 1 fully saturated rings. The van der Waals surface area contributed by atoms with Crippen LogP contribution in [-0.4, -0.2) is 42.3 Å². The van der Waals surface area contributed by atoms with E-state index in [1.807, 2.05) is 26.0 Å². The van der Waals surface area contributed by atoms with Crippen LogP contribution in [0.15, 0.2) is 42.5 Å². The Labute approximate surface area is 161 Å². The van der Waals surface area contributed by atoms with Crippen molar-refractivity contribution < 1.29 is 23.9 Å². The van der Waals surface area contributed by atoms with Gasteiger partial charge in [0.1, 0.15) is 12.3 Å². The Bertz CT molecular complexity index is 968. The minimum absolute atomic E-state index is 0.224. The lowest BCUT2D eigenvalue weighted by Gasteiger charge is -2.16. The molecule has 0 unspecified atom stereocenters. The Morgan fingerprint density at radius 2 is 1.68 bits per heavy atom. The van der Waals surface area contributed by atoms with Crippen molar-refractivity contribution >= 4 is 35.1 Å². The molecule has 1 saturated heterocycles. The van der Waals surface area contributed by atoms with Gasteiger partial charge in [0.25, 0.3) is 0 Å². The van der Waals surface area contributed by atoms with Crippen LogP contribution in [0.1, 0.15) is 11.1 Å². The molecule has 2 aromatic rings. The van der Waals surface area contributed by atoms with Crippen molar-refractivity contribution in [2.24, 2.45) is 0 Å². The third-order valence-corrected chi connectivity index (χ3v) is 4.35. The van der Waals surface area contributed by atoms with E-state index in [4.69, 9.17) is 4.74 Å². The van der Waals surface area contributed by atoms with Gasteiger partial charge in [0.2, 0.25) is 5.91 Å². The molecule has 1 aliphatic heterocycles. The zero-order chi connectivity index (χ0) is 20.4. The van der Waals surface area contributed by atoms with Gasteiger partial charge in [-0.15, -0.1) is 0 Å². The van der Waals surface area contributed by atoms with Gasteiger partial charge >= 0.3 is 17.8 Å². The van der Waals surface area contributed by atoms with Crippen LogP contribution in [0.25, 0.3) is 0 Å². The van der Waals surface area contributed by atoms with Crippen molar-refractivity contribution in [3.63, 3.8) is 0 Å². The summed E-state index contributed by atoms with van der Waals surface area (Å²) in [4.78, 5) is 50.8. The molecule has 8 heteroatoms. The number of hydrogen-bond acceptors (Lipinski definition) is 5. The SMILES string of the molecule is COc1ccc(N2C(=O)C(=O)N(CC(=O)Nc3cc(C)ccc3C)C2=O)cc1. The molecule has 0 bridgehead atoms. The van der Waals surface area contributed by atoms with E-state index in [2.05, 4.69) is 5.32 Å². The summed E-state index contributed by atoms with van der Waals surface area (Å²) in [5.74, 6) is -2.08. The lowest BCUT2D eigenvalue weighted by molar-refractivity contribution is -0.140. The molecular formula is C20H19N3O5. The number of amides is 5. The van der Waals surface area contributed by atoms with E-state index in [1.54, 1.807) is 18.2 Å². The number of hydrogen-bond donors (Lipinski definition) is 1. The number of aryl methyl sites for hydroxylation is 2. The second-order valence-electron chi connectivity index (χ2n) is 6.38. The zero-order valence-electron chi connectivity index (χ0n) is 15.7. The predicted octanol–water partition coefficient (Wildman–Crippen LogP) is 2.25. The third kappa shape index (κ3) is 3.57. The number of nitrogens with zero attached hydrogens (tertiary/aromatic N) is 2. The largest absolute Gasteiger partial charge is 0.497 e. The third-order valence-electron chi connectivity index (χ3n) is 4.35. The molecule has 8 nitrogen and oxygen atoms in total. The summed E-state index contributed by atoms with van der Waals surface area (Å²) in [6.45, 7) is 3.16. The van der Waals surface area contributed by atoms with Gasteiger partial charge < -0.3 is 10.1 Å². The molecule has 3 rings (SSSR count). The number of anilines is 2. The van der Waals surface area contributed by atoms with Gasteiger partial charge in [-0.1, -0.05) is 12.1 Å². The van der Waals surface area contributed by atoms with E-state index in [0.717, 1.165) is 16.0 Å². The summed E-state index contributed by atoms with van der Waals surface area (Å²) in [5, 5.41) is 2.67. The number of methoxy groups -OCH3 is 1. The maximum Gasteiger partial charge on any atom is 0.339 e. The number of urea groups is 1. The molecule has 0 saturated carbocycles. The van der Waals surface area contributed by atoms with E-state index in [9.17, 15) is 19.2 Å². The lowest BCUT2D eigenvalue weighted by Crippen LogP contribution is -2.39. The lowest BCUT2D eigenvalue weighted by atomic mass is 10.1. The molecule has 1 heterocycles. The van der Waals surface area contributed by atoms with E-state index < -0.39 is 30.3 Å². The highest BCUT2D eigenvalue weighted by molar-refractivity contribution is 6.53. The number of imide groups is 2. The summed E-state index contributed by atoms with van der Waals surface area (Å²) in [7, 11) is 1.49. The quantitative estimate of drug-likeness (QED) is 0.633. The van der Waals surface area contributed by atoms with Crippen LogP contribution in [0, 0.1) is 13.8 Å². The maximum absolute atomic E-state index is 12.6. The van der Waals surface area contributed by atoms with E-state index in [0.29, 0.717) is 16.3 Å². The fourth-order valence-electron chi connectivity index (χ4n) is 2.81. The summed E-state index contributed by atoms with van der Waals surface area (Å²) in [6, 6.07) is 10.8. The molecule has 0 aliphatic carbocycles. The van der Waals surface area contributed by atoms with Crippen molar-refractivity contribution in [3.8, 4) is 5.75 Å². The fourth-order valence-corrected chi connectivity index (χ4v) is 2.81. The van der Waals surface area contributed by atoms with E-state index in [1.165, 1.54) is 19.2 Å². The van der Waals surface area contributed by atoms with Gasteiger partial charge in [0.05, 0.1) is 12.8 Å². The van der Waals surface area contributed by atoms with Crippen molar-refractivity contribution in [2.75, 3.05) is 23.9 Å². The zero-order valence-corrected chi connectivity index (χ0v) is 15.7. The molecule has 0 spiro atoms. The molecule has 28 heavy (non-hydrogen) atoms. The van der Waals surface area contributed by atoms with E-state index in [-0.39, 0.29) is 5.69 Å². The second-order valence-corrected chi connectivity index (χ2v) is 6.38. The highest BCUT2D eigenvalue weighted by atomic mass is 16.5. The molecule has 1 aliphatic rings. The van der Waals surface area contributed by atoms with Crippen LogP contribution in [0.2, 0.25) is 0 Å². The van der Waals surface area contributed by atoms with Crippen LogP contribution >= 0.6 is 0 Å². The Morgan fingerprint density at radius 3 is 2.32 bits per heavy atom. The summed E-state index contributed by atoms with van der Waals surface area (Å²) in [5.41, 5.74) is 2.60. The Balaban J connectivity index is 1.76. The average molecular weight is 381 g/mol. The second kappa shape index (κ2) is 7.51. The van der Waals surface area contributed by atoms with Crippen molar-refractivity contribution in [2.45, 2.75) is 13.8 Å². The van der Waals surface area contributed by atoms with Gasteiger partial charge in [-0.2, -0.15) is 0 Å². The van der Waals surface area contributed by atoms with Crippen LogP contribution in [-0.2, 0) is 14.4 Å². The number of ether oxygens (including phenoxy) is 1. The highest BCUT2D eigenvalue weighted by Crippen LogP contribution is 2.25. The number of rotatable bonds is 5. The molecule has 144 valence electrons. The predicted molar refractivity (Wildman–Crippen MR) is 102 cm³/mol. The Kier molecular flexibility index (Phi) is 5.12. The molecule has 1 N–H and O–H groups in total. The number of carbonyl (C=O) groups excluding carboxylic acids is 4. The standard InChI is InChI=1S/C20H19N3O5/c1-12-4-5-13(2)16(10-12)21-17(24)11-22-18(25)19(26)23(20(22)27)14-6-8-15(28-3)9-7-14/h4-10H,11H2,1-3H3,(H,21,24). The normalized spacial score (nSPS) is 13.9. The fraction of sp³-hybridized carbons (Fsp3) is 0.200. The Hall–Kier alpha value is -3.68. The maximum atomic E-state index is 12.6. The number of carbonyl (C=O) groups is 4. The molecule has 0 aromatic heterocycles. The van der Waals surface area contributed by atoms with Crippen LogP contribution in [0.3, 0.4) is 0 Å². The van der Waals surface area contributed by atoms with Crippen LogP contribution in [0.5, 0.6) is 5.75 Å². The smallest absolute Gasteiger partial charge is 0.339 e. The van der Waals surface area contributed by atoms with Gasteiger partial charge in [-0.3, -0.25) is 14.4 Å².